The third-order valence-electron chi connectivity index (χ3n) is 5.35. The summed E-state index contributed by atoms with van der Waals surface area (Å²) < 4.78 is 25.3. The summed E-state index contributed by atoms with van der Waals surface area (Å²) in [6, 6.07) is 0.984. The highest BCUT2D eigenvalue weighted by Crippen LogP contribution is 2.46. The standard InChI is InChI=1S/C13H19NO7Si4/c1-14-5-8-25-13(17)10(15)4-6-22(19-25)11(14)9-24(21-25)7-2-3-12(16)23(18-13)20-24/h2-4,6,9-10,15-17,22H,5,7-8H2,1H3/t10-,13-,22?,24?,25-/m0/s1. The molecule has 0 aromatic carbocycles. The summed E-state index contributed by atoms with van der Waals surface area (Å²) in [5, 5.41) is 33.6. The first-order chi connectivity index (χ1) is 11.9. The molecule has 2 unspecified atom stereocenters. The molecule has 5 atom stereocenters. The predicted octanol–water partition coefficient (Wildman–Crippen LogP) is -1.56. The van der Waals surface area contributed by atoms with E-state index >= 15 is 0 Å². The molecule has 5 aliphatic heterocycles. The lowest BCUT2D eigenvalue weighted by molar-refractivity contribution is -0.153. The van der Waals surface area contributed by atoms with Gasteiger partial charge in [-0.05, 0) is 11.8 Å². The fraction of sp³-hybridized carbons (Fsp3) is 0.462. The quantitative estimate of drug-likeness (QED) is 0.410. The second kappa shape index (κ2) is 5.04. The molecule has 0 aromatic heterocycles. The average molecular weight is 414 g/mol. The summed E-state index contributed by atoms with van der Waals surface area (Å²) in [5.74, 6) is 0. The first-order valence-corrected chi connectivity index (χ1v) is 15.4. The average Bonchev–Trinajstić information content (AvgIpc) is 2.95. The van der Waals surface area contributed by atoms with E-state index in [1.54, 1.807) is 12.2 Å². The molecule has 5 aliphatic rings. The Morgan fingerprint density at radius 3 is 3.16 bits per heavy atom. The molecule has 0 aromatic rings. The van der Waals surface area contributed by atoms with Crippen LogP contribution in [0.3, 0.4) is 0 Å². The molecular weight excluding hydrogens is 394 g/mol. The fourth-order valence-electron chi connectivity index (χ4n) is 3.98. The third-order valence-corrected chi connectivity index (χ3v) is 20.0. The van der Waals surface area contributed by atoms with Crippen LogP contribution in [-0.2, 0) is 16.8 Å². The van der Waals surface area contributed by atoms with E-state index in [-0.39, 0.29) is 5.35 Å². The Kier molecular flexibility index (Phi) is 3.26. The van der Waals surface area contributed by atoms with Gasteiger partial charge in [-0.15, -0.1) is 0 Å². The molecule has 134 valence electrons. The molecule has 3 N–H and O–H groups in total. The van der Waals surface area contributed by atoms with Crippen molar-refractivity contribution in [1.29, 1.82) is 0 Å². The summed E-state index contributed by atoms with van der Waals surface area (Å²) in [7, 11) is -8.79. The van der Waals surface area contributed by atoms with E-state index in [0.717, 1.165) is 5.32 Å². The van der Waals surface area contributed by atoms with Crippen molar-refractivity contribution in [2.45, 2.75) is 23.6 Å². The number of nitrogens with zero attached hydrogens (tertiary/aromatic N) is 1. The minimum Gasteiger partial charge on any atom is -0.554 e. The van der Waals surface area contributed by atoms with Crippen LogP contribution in [0.2, 0.25) is 12.1 Å². The Morgan fingerprint density at radius 1 is 1.48 bits per heavy atom. The molecule has 12 heteroatoms. The van der Waals surface area contributed by atoms with E-state index in [0.29, 0.717) is 18.6 Å². The number of hydrogen-bond donors (Lipinski definition) is 3. The van der Waals surface area contributed by atoms with Crippen molar-refractivity contribution >= 4 is 40.4 Å². The molecule has 25 heavy (non-hydrogen) atoms. The number of aliphatic hydroxyl groups is 3. The molecule has 0 aliphatic carbocycles. The zero-order valence-corrected chi connectivity index (χ0v) is 17.7. The predicted molar refractivity (Wildman–Crippen MR) is 95.3 cm³/mol. The SMILES string of the molecule is CN1CC[Si@@]23O[SiH]4C=C[C@H](O)[C@]2(O)O[Si]2=C(O)C=CC[Si](C=C14)(O2)O3. The molecule has 2 fully saturated rings. The van der Waals surface area contributed by atoms with Gasteiger partial charge in [0.1, 0.15) is 6.10 Å². The van der Waals surface area contributed by atoms with Gasteiger partial charge >= 0.3 is 26.0 Å². The monoisotopic (exact) mass is 413 g/mol. The third kappa shape index (κ3) is 2.07. The van der Waals surface area contributed by atoms with E-state index in [2.05, 4.69) is 10.6 Å². The normalized spacial score (nSPS) is 47.2. The minimum absolute atomic E-state index is 0.0430. The maximum Gasteiger partial charge on any atom is 0.515 e. The van der Waals surface area contributed by atoms with Gasteiger partial charge in [0.25, 0.3) is 5.41 Å². The van der Waals surface area contributed by atoms with Crippen LogP contribution >= 0.6 is 0 Å². The summed E-state index contributed by atoms with van der Waals surface area (Å²) in [4.78, 5) is 2.16. The molecule has 5 bridgehead atoms. The first-order valence-electron chi connectivity index (χ1n) is 8.25. The Morgan fingerprint density at radius 2 is 2.32 bits per heavy atom. The van der Waals surface area contributed by atoms with Crippen molar-refractivity contribution in [3.63, 3.8) is 0 Å². The van der Waals surface area contributed by atoms with Crippen LogP contribution < -0.4 is 0 Å². The fourth-order valence-corrected chi connectivity index (χ4v) is 22.0. The largest absolute Gasteiger partial charge is 0.554 e. The van der Waals surface area contributed by atoms with E-state index in [1.165, 1.54) is 0 Å². The molecule has 0 saturated carbocycles. The maximum atomic E-state index is 11.5. The molecular formula is C13H19NO7Si4. The van der Waals surface area contributed by atoms with Crippen LogP contribution in [0, 0.1) is 0 Å². The van der Waals surface area contributed by atoms with Gasteiger partial charge in [0.05, 0.1) is 0 Å². The summed E-state index contributed by atoms with van der Waals surface area (Å²) in [6.45, 7) is 0.659. The topological polar surface area (TPSA) is 101 Å². The molecule has 0 amide bonds. The van der Waals surface area contributed by atoms with E-state index in [4.69, 9.17) is 16.8 Å². The molecule has 5 rings (SSSR count). The summed E-state index contributed by atoms with van der Waals surface area (Å²) >= 11 is 0. The molecule has 2 saturated heterocycles. The number of fused-ring (bicyclic) bond motifs is 1. The Bertz CT molecular complexity index is 771. The number of allylic oxidation sites excluding steroid dienone is 1. The van der Waals surface area contributed by atoms with Crippen LogP contribution in [-0.4, -0.2) is 85.7 Å². The smallest absolute Gasteiger partial charge is 0.515 e. The van der Waals surface area contributed by atoms with Crippen LogP contribution in [0.5, 0.6) is 0 Å². The highest BCUT2D eigenvalue weighted by atomic mass is 28.5. The van der Waals surface area contributed by atoms with Gasteiger partial charge in [-0.25, -0.2) is 0 Å². The lowest BCUT2D eigenvalue weighted by Crippen LogP contribution is -2.71. The lowest BCUT2D eigenvalue weighted by atomic mass is 10.3. The van der Waals surface area contributed by atoms with Crippen molar-refractivity contribution < 1.29 is 32.1 Å². The van der Waals surface area contributed by atoms with Crippen molar-refractivity contribution in [2.75, 3.05) is 13.6 Å². The molecule has 5 heterocycles. The van der Waals surface area contributed by atoms with Gasteiger partial charge in [-0.2, -0.15) is 0 Å². The Labute approximate surface area is 149 Å². The molecule has 0 radical (unpaired) electrons. The van der Waals surface area contributed by atoms with Crippen molar-refractivity contribution in [3.05, 3.63) is 34.9 Å². The second-order valence-corrected chi connectivity index (χ2v) is 17.7. The molecule has 8 nitrogen and oxygen atoms in total. The number of aliphatic hydroxyl groups excluding tert-OH is 2. The molecule has 2 spiro atoms. The van der Waals surface area contributed by atoms with E-state index in [1.807, 2.05) is 18.8 Å². The van der Waals surface area contributed by atoms with Gasteiger partial charge < -0.3 is 37.0 Å². The highest BCUT2D eigenvalue weighted by molar-refractivity contribution is 6.95. The highest BCUT2D eigenvalue weighted by Gasteiger charge is 2.72. The number of rotatable bonds is 0. The zero-order valence-electron chi connectivity index (χ0n) is 13.6. The van der Waals surface area contributed by atoms with Gasteiger partial charge in [0.15, 0.2) is 5.35 Å². The van der Waals surface area contributed by atoms with Crippen LogP contribution in [0.15, 0.2) is 34.9 Å². The van der Waals surface area contributed by atoms with Crippen molar-refractivity contribution in [2.24, 2.45) is 0 Å². The minimum atomic E-state index is -3.41. The van der Waals surface area contributed by atoms with Gasteiger partial charge in [0.2, 0.25) is 9.04 Å². The lowest BCUT2D eigenvalue weighted by Gasteiger charge is -2.43. The van der Waals surface area contributed by atoms with Crippen molar-refractivity contribution in [1.82, 2.24) is 4.90 Å². The zero-order chi connectivity index (χ0) is 17.4. The Balaban J connectivity index is 1.85. The van der Waals surface area contributed by atoms with Crippen LogP contribution in [0.25, 0.3) is 0 Å². The first kappa shape index (κ1) is 16.2. The van der Waals surface area contributed by atoms with E-state index < -0.39 is 46.6 Å². The van der Waals surface area contributed by atoms with E-state index in [9.17, 15) is 15.3 Å². The summed E-state index contributed by atoms with van der Waals surface area (Å²) in [6.07, 6.45) is 3.69. The second-order valence-electron chi connectivity index (χ2n) is 6.96. The van der Waals surface area contributed by atoms with Gasteiger partial charge in [-0.1, -0.05) is 17.9 Å². The number of hydrogen-bond acceptors (Lipinski definition) is 8. The maximum absolute atomic E-state index is 11.5. The van der Waals surface area contributed by atoms with Gasteiger partial charge in [0, 0.05) is 31.0 Å². The van der Waals surface area contributed by atoms with Crippen molar-refractivity contribution in [3.8, 4) is 0 Å². The summed E-state index contributed by atoms with van der Waals surface area (Å²) in [5.41, 5.74) is 1.96. The van der Waals surface area contributed by atoms with Crippen LogP contribution in [0.4, 0.5) is 0 Å². The van der Waals surface area contributed by atoms with Gasteiger partial charge in [-0.3, -0.25) is 0 Å². The Hall–Kier alpha value is -1.00. The van der Waals surface area contributed by atoms with Crippen LogP contribution in [0.1, 0.15) is 0 Å².